The van der Waals surface area contributed by atoms with Crippen LogP contribution in [0.2, 0.25) is 0 Å². The molecule has 0 unspecified atom stereocenters. The lowest BCUT2D eigenvalue weighted by molar-refractivity contribution is 0.0931. The Morgan fingerprint density at radius 3 is 2.81 bits per heavy atom. The van der Waals surface area contributed by atoms with E-state index < -0.39 is 0 Å². The molecule has 1 amide bonds. The fourth-order valence-corrected chi connectivity index (χ4v) is 2.89. The van der Waals surface area contributed by atoms with Crippen LogP contribution in [0.1, 0.15) is 35.8 Å². The van der Waals surface area contributed by atoms with Crippen molar-refractivity contribution in [2.24, 2.45) is 5.41 Å². The maximum Gasteiger partial charge on any atom is 0.270 e. The number of thiazole rings is 1. The van der Waals surface area contributed by atoms with Crippen molar-refractivity contribution < 1.29 is 4.79 Å². The Balaban J connectivity index is 2.47. The van der Waals surface area contributed by atoms with Crippen LogP contribution in [0.3, 0.4) is 0 Å². The lowest BCUT2D eigenvalue weighted by Gasteiger charge is -2.23. The third-order valence-electron chi connectivity index (χ3n) is 2.35. The summed E-state index contributed by atoms with van der Waals surface area (Å²) in [6, 6.07) is 0. The number of carbonyl (C=O) groups excluding carboxylic acids is 1. The van der Waals surface area contributed by atoms with E-state index in [1.807, 2.05) is 6.92 Å². The summed E-state index contributed by atoms with van der Waals surface area (Å²) in [6.07, 6.45) is 1.03. The molecule has 0 saturated heterocycles. The Kier molecular flexibility index (Phi) is 4.92. The van der Waals surface area contributed by atoms with Gasteiger partial charge in [-0.1, -0.05) is 29.8 Å². The summed E-state index contributed by atoms with van der Waals surface area (Å²) in [5, 5.41) is 6.59. The third-order valence-corrected chi connectivity index (χ3v) is 3.52. The fraction of sp³-hybridized carbons (Fsp3) is 0.636. The number of rotatable bonds is 5. The van der Waals surface area contributed by atoms with Crippen molar-refractivity contribution in [1.29, 1.82) is 0 Å². The first-order valence-electron chi connectivity index (χ1n) is 5.21. The number of nitrogens with one attached hydrogen (secondary N) is 1. The van der Waals surface area contributed by atoms with Crippen LogP contribution < -0.4 is 5.32 Å². The largest absolute Gasteiger partial charge is 0.350 e. The molecule has 1 N–H and O–H groups in total. The van der Waals surface area contributed by atoms with Gasteiger partial charge in [0.15, 0.2) is 0 Å². The van der Waals surface area contributed by atoms with Gasteiger partial charge in [-0.3, -0.25) is 4.79 Å². The summed E-state index contributed by atoms with van der Waals surface area (Å²) in [6.45, 7) is 6.85. The van der Waals surface area contributed by atoms with Crippen molar-refractivity contribution >= 4 is 33.2 Å². The predicted molar refractivity (Wildman–Crippen MR) is 71.4 cm³/mol. The molecule has 1 aromatic rings. The van der Waals surface area contributed by atoms with Gasteiger partial charge in [0.05, 0.1) is 5.01 Å². The van der Waals surface area contributed by atoms with Crippen molar-refractivity contribution in [3.8, 4) is 0 Å². The van der Waals surface area contributed by atoms with Gasteiger partial charge < -0.3 is 5.32 Å². The Labute approximate surface area is 109 Å². The molecule has 16 heavy (non-hydrogen) atoms. The van der Waals surface area contributed by atoms with E-state index in [0.29, 0.717) is 12.2 Å². The van der Waals surface area contributed by atoms with Gasteiger partial charge >= 0.3 is 0 Å². The molecule has 0 aromatic carbocycles. The lowest BCUT2D eigenvalue weighted by Crippen LogP contribution is -2.34. The number of aromatic nitrogens is 1. The second kappa shape index (κ2) is 5.77. The number of carbonyl (C=O) groups is 1. The highest BCUT2D eigenvalue weighted by Crippen LogP contribution is 2.20. The smallest absolute Gasteiger partial charge is 0.270 e. The molecule has 0 atom stereocenters. The molecular weight excluding hydrogens is 288 g/mol. The van der Waals surface area contributed by atoms with Gasteiger partial charge in [-0.15, -0.1) is 11.3 Å². The topological polar surface area (TPSA) is 42.0 Å². The number of nitrogens with zero attached hydrogens (tertiary/aromatic N) is 1. The van der Waals surface area contributed by atoms with Crippen molar-refractivity contribution in [3.05, 3.63) is 16.1 Å². The summed E-state index contributed by atoms with van der Waals surface area (Å²) in [4.78, 5) is 15.9. The molecule has 0 saturated carbocycles. The highest BCUT2D eigenvalue weighted by molar-refractivity contribution is 9.09. The Hall–Kier alpha value is -0.420. The Morgan fingerprint density at radius 2 is 2.31 bits per heavy atom. The van der Waals surface area contributed by atoms with E-state index in [9.17, 15) is 4.79 Å². The molecule has 1 rings (SSSR count). The zero-order chi connectivity index (χ0) is 12.2. The summed E-state index contributed by atoms with van der Waals surface area (Å²) < 4.78 is 0. The first kappa shape index (κ1) is 13.6. The molecule has 1 heterocycles. The number of hydrogen-bond donors (Lipinski definition) is 1. The van der Waals surface area contributed by atoms with Gasteiger partial charge in [-0.05, 0) is 18.8 Å². The molecule has 0 aliphatic rings. The van der Waals surface area contributed by atoms with E-state index >= 15 is 0 Å². The van der Waals surface area contributed by atoms with Gasteiger partial charge in [0.25, 0.3) is 5.91 Å². The van der Waals surface area contributed by atoms with Crippen molar-refractivity contribution in [2.75, 3.05) is 11.9 Å². The van der Waals surface area contributed by atoms with Crippen molar-refractivity contribution in [3.63, 3.8) is 0 Å². The Bertz CT molecular complexity index is 363. The van der Waals surface area contributed by atoms with E-state index in [0.717, 1.165) is 16.8 Å². The van der Waals surface area contributed by atoms with Gasteiger partial charge in [0, 0.05) is 17.3 Å². The van der Waals surface area contributed by atoms with Gasteiger partial charge in [-0.2, -0.15) is 0 Å². The minimum absolute atomic E-state index is 0.0769. The molecule has 5 heteroatoms. The molecule has 0 aliphatic heterocycles. The molecule has 0 spiro atoms. The number of aryl methyl sites for hydroxylation is 1. The zero-order valence-electron chi connectivity index (χ0n) is 9.84. The number of amides is 1. The van der Waals surface area contributed by atoms with Gasteiger partial charge in [0.2, 0.25) is 0 Å². The molecular formula is C11H17BrN2OS. The maximum atomic E-state index is 11.7. The average molecular weight is 305 g/mol. The quantitative estimate of drug-likeness (QED) is 0.850. The van der Waals surface area contributed by atoms with Crippen LogP contribution in [0.25, 0.3) is 0 Å². The monoisotopic (exact) mass is 304 g/mol. The average Bonchev–Trinajstić information content (AvgIpc) is 2.61. The van der Waals surface area contributed by atoms with Crippen LogP contribution in [-0.4, -0.2) is 22.8 Å². The first-order valence-corrected chi connectivity index (χ1v) is 7.21. The number of hydrogen-bond acceptors (Lipinski definition) is 3. The number of halogens is 1. The minimum atomic E-state index is -0.0769. The van der Waals surface area contributed by atoms with Crippen LogP contribution in [0.5, 0.6) is 0 Å². The maximum absolute atomic E-state index is 11.7. The summed E-state index contributed by atoms with van der Waals surface area (Å²) in [7, 11) is 0. The van der Waals surface area contributed by atoms with Crippen LogP contribution in [0.15, 0.2) is 5.38 Å². The molecule has 3 nitrogen and oxygen atoms in total. The SMILES string of the molecule is Cc1nc(C(=O)NCC(C)(C)CCBr)cs1. The highest BCUT2D eigenvalue weighted by Gasteiger charge is 2.19. The minimum Gasteiger partial charge on any atom is -0.350 e. The molecule has 90 valence electrons. The lowest BCUT2D eigenvalue weighted by atomic mass is 9.90. The number of alkyl halides is 1. The second-order valence-electron chi connectivity index (χ2n) is 4.54. The van der Waals surface area contributed by atoms with Gasteiger partial charge in [0.1, 0.15) is 5.69 Å². The summed E-state index contributed by atoms with van der Waals surface area (Å²) >= 11 is 4.91. The third kappa shape index (κ3) is 4.22. The van der Waals surface area contributed by atoms with Crippen LogP contribution >= 0.6 is 27.3 Å². The van der Waals surface area contributed by atoms with Gasteiger partial charge in [-0.25, -0.2) is 4.98 Å². The van der Waals surface area contributed by atoms with E-state index in [4.69, 9.17) is 0 Å². The molecule has 0 bridgehead atoms. The molecule has 1 aromatic heterocycles. The first-order chi connectivity index (χ1) is 7.44. The predicted octanol–water partition coefficient (Wildman–Crippen LogP) is 2.99. The van der Waals surface area contributed by atoms with E-state index in [-0.39, 0.29) is 11.3 Å². The summed E-state index contributed by atoms with van der Waals surface area (Å²) in [5.74, 6) is -0.0769. The summed E-state index contributed by atoms with van der Waals surface area (Å²) in [5.41, 5.74) is 0.640. The Morgan fingerprint density at radius 1 is 1.62 bits per heavy atom. The second-order valence-corrected chi connectivity index (χ2v) is 6.39. The van der Waals surface area contributed by atoms with Crippen LogP contribution in [-0.2, 0) is 0 Å². The van der Waals surface area contributed by atoms with Crippen LogP contribution in [0.4, 0.5) is 0 Å². The molecule has 0 radical (unpaired) electrons. The normalized spacial score (nSPS) is 11.5. The molecule has 0 aliphatic carbocycles. The fourth-order valence-electron chi connectivity index (χ4n) is 1.22. The van der Waals surface area contributed by atoms with E-state index in [2.05, 4.69) is 40.1 Å². The van der Waals surface area contributed by atoms with E-state index in [1.54, 1.807) is 5.38 Å². The zero-order valence-corrected chi connectivity index (χ0v) is 12.2. The highest BCUT2D eigenvalue weighted by atomic mass is 79.9. The van der Waals surface area contributed by atoms with Crippen LogP contribution in [0, 0.1) is 12.3 Å². The standard InChI is InChI=1S/C11H17BrN2OS/c1-8-14-9(6-16-8)10(15)13-7-11(2,3)4-5-12/h6H,4-5,7H2,1-3H3,(H,13,15). The molecule has 0 fully saturated rings. The van der Waals surface area contributed by atoms with Crippen molar-refractivity contribution in [1.82, 2.24) is 10.3 Å². The van der Waals surface area contributed by atoms with E-state index in [1.165, 1.54) is 11.3 Å². The van der Waals surface area contributed by atoms with Crippen molar-refractivity contribution in [2.45, 2.75) is 27.2 Å².